The number of benzene rings is 1. The Bertz CT molecular complexity index is 709. The lowest BCUT2D eigenvalue weighted by Gasteiger charge is -2.04. The zero-order valence-corrected chi connectivity index (χ0v) is 10.2. The van der Waals surface area contributed by atoms with E-state index in [1.54, 1.807) is 0 Å². The molecule has 0 unspecified atom stereocenters. The van der Waals surface area contributed by atoms with Crippen molar-refractivity contribution in [1.29, 1.82) is 5.26 Å². The van der Waals surface area contributed by atoms with Crippen molar-refractivity contribution in [3.05, 3.63) is 58.9 Å². The molecule has 1 N–H and O–H groups in total. The SMILES string of the molecule is N#Cc1ccc(/C=N\Nc2c(F)c(F)nc(F)c2F)cc1. The smallest absolute Gasteiger partial charge is 0.254 e. The van der Waals surface area contributed by atoms with Crippen molar-refractivity contribution in [3.63, 3.8) is 0 Å². The van der Waals surface area contributed by atoms with Gasteiger partial charge in [-0.1, -0.05) is 12.1 Å². The summed E-state index contributed by atoms with van der Waals surface area (Å²) in [5, 5.41) is 12.1. The highest BCUT2D eigenvalue weighted by Gasteiger charge is 2.20. The summed E-state index contributed by atoms with van der Waals surface area (Å²) in [5.41, 5.74) is 1.73. The van der Waals surface area contributed by atoms with Crippen LogP contribution in [0.25, 0.3) is 0 Å². The Morgan fingerprint density at radius 1 is 1.05 bits per heavy atom. The van der Waals surface area contributed by atoms with E-state index in [1.165, 1.54) is 24.3 Å². The van der Waals surface area contributed by atoms with E-state index in [2.05, 4.69) is 10.1 Å². The van der Waals surface area contributed by atoms with Gasteiger partial charge in [0.25, 0.3) is 11.9 Å². The maximum Gasteiger partial charge on any atom is 0.254 e. The van der Waals surface area contributed by atoms with E-state index in [9.17, 15) is 17.6 Å². The van der Waals surface area contributed by atoms with Crippen molar-refractivity contribution in [2.24, 2.45) is 5.10 Å². The monoisotopic (exact) mass is 294 g/mol. The van der Waals surface area contributed by atoms with Crippen LogP contribution in [-0.2, 0) is 0 Å². The summed E-state index contributed by atoms with van der Waals surface area (Å²) < 4.78 is 52.2. The normalized spacial score (nSPS) is 10.6. The Morgan fingerprint density at radius 2 is 1.62 bits per heavy atom. The fraction of sp³-hybridized carbons (Fsp3) is 0. The molecule has 2 rings (SSSR count). The van der Waals surface area contributed by atoms with Gasteiger partial charge in [0.1, 0.15) is 5.69 Å². The predicted molar refractivity (Wildman–Crippen MR) is 66.4 cm³/mol. The highest BCUT2D eigenvalue weighted by Crippen LogP contribution is 2.21. The molecule has 1 aromatic heterocycles. The third-order valence-corrected chi connectivity index (χ3v) is 2.43. The summed E-state index contributed by atoms with van der Waals surface area (Å²) in [4.78, 5) is 2.41. The number of hydrogen-bond donors (Lipinski definition) is 1. The van der Waals surface area contributed by atoms with Crippen LogP contribution in [0.1, 0.15) is 11.1 Å². The second-order valence-corrected chi connectivity index (χ2v) is 3.80. The van der Waals surface area contributed by atoms with Crippen molar-refractivity contribution in [2.45, 2.75) is 0 Å². The van der Waals surface area contributed by atoms with Gasteiger partial charge in [0.05, 0.1) is 17.8 Å². The lowest BCUT2D eigenvalue weighted by Crippen LogP contribution is -2.05. The number of aromatic nitrogens is 1. The average molecular weight is 294 g/mol. The van der Waals surface area contributed by atoms with Crippen LogP contribution in [0.5, 0.6) is 0 Å². The van der Waals surface area contributed by atoms with E-state index >= 15 is 0 Å². The Labute approximate surface area is 116 Å². The van der Waals surface area contributed by atoms with Gasteiger partial charge in [-0.15, -0.1) is 0 Å². The van der Waals surface area contributed by atoms with Crippen LogP contribution in [0.15, 0.2) is 29.4 Å². The van der Waals surface area contributed by atoms with Gasteiger partial charge in [-0.3, -0.25) is 5.43 Å². The molecule has 0 saturated carbocycles. The molecule has 1 heterocycles. The molecule has 0 aliphatic rings. The average Bonchev–Trinajstić information content (AvgIpc) is 2.49. The van der Waals surface area contributed by atoms with Crippen LogP contribution in [-0.4, -0.2) is 11.2 Å². The van der Waals surface area contributed by atoms with E-state index in [4.69, 9.17) is 5.26 Å². The molecule has 0 spiro atoms. The molecule has 2 aromatic rings. The van der Waals surface area contributed by atoms with Gasteiger partial charge in [-0.2, -0.15) is 32.9 Å². The van der Waals surface area contributed by atoms with E-state index < -0.39 is 29.2 Å². The first-order chi connectivity index (χ1) is 10.0. The largest absolute Gasteiger partial charge is 0.272 e. The minimum atomic E-state index is -1.77. The van der Waals surface area contributed by atoms with Gasteiger partial charge >= 0.3 is 0 Å². The van der Waals surface area contributed by atoms with Crippen LogP contribution in [0.4, 0.5) is 23.2 Å². The van der Waals surface area contributed by atoms with Crippen LogP contribution in [0, 0.1) is 34.9 Å². The standard InChI is InChI=1S/C13H6F4N4/c14-9-11(10(15)13(17)20-12(9)16)21-19-6-8-3-1-7(5-18)2-4-8/h1-4,6H,(H,20,21)/b19-6-. The van der Waals surface area contributed by atoms with E-state index in [1.807, 2.05) is 11.5 Å². The Morgan fingerprint density at radius 3 is 2.14 bits per heavy atom. The number of rotatable bonds is 3. The fourth-order valence-electron chi connectivity index (χ4n) is 1.40. The molecule has 0 aliphatic heterocycles. The summed E-state index contributed by atoms with van der Waals surface area (Å²) in [6.07, 6.45) is 1.16. The zero-order chi connectivity index (χ0) is 15.4. The van der Waals surface area contributed by atoms with Crippen molar-refractivity contribution in [1.82, 2.24) is 4.98 Å². The van der Waals surface area contributed by atoms with Crippen molar-refractivity contribution in [3.8, 4) is 6.07 Å². The van der Waals surface area contributed by atoms with E-state index in [0.29, 0.717) is 11.1 Å². The molecule has 21 heavy (non-hydrogen) atoms. The summed E-state index contributed by atoms with van der Waals surface area (Å²) in [5.74, 6) is -6.90. The molecule has 106 valence electrons. The van der Waals surface area contributed by atoms with Crippen LogP contribution in [0.3, 0.4) is 0 Å². The first-order valence-corrected chi connectivity index (χ1v) is 5.52. The zero-order valence-electron chi connectivity index (χ0n) is 10.2. The molecule has 4 nitrogen and oxygen atoms in total. The lowest BCUT2D eigenvalue weighted by molar-refractivity contribution is 0.411. The maximum absolute atomic E-state index is 13.3. The van der Waals surface area contributed by atoms with Crippen LogP contribution < -0.4 is 5.43 Å². The summed E-state index contributed by atoms with van der Waals surface area (Å²) in [6.45, 7) is 0. The first-order valence-electron chi connectivity index (χ1n) is 5.52. The third-order valence-electron chi connectivity index (χ3n) is 2.43. The number of pyridine rings is 1. The van der Waals surface area contributed by atoms with Gasteiger partial charge in [-0.25, -0.2) is 0 Å². The van der Waals surface area contributed by atoms with E-state index in [0.717, 1.165) is 6.21 Å². The van der Waals surface area contributed by atoms with Gasteiger partial charge < -0.3 is 0 Å². The fourth-order valence-corrected chi connectivity index (χ4v) is 1.40. The van der Waals surface area contributed by atoms with Gasteiger partial charge in [0.15, 0.2) is 0 Å². The molecule has 0 atom stereocenters. The molecular weight excluding hydrogens is 288 g/mol. The predicted octanol–water partition coefficient (Wildman–Crippen LogP) is 2.96. The molecule has 0 aliphatic carbocycles. The first kappa shape index (κ1) is 14.5. The molecule has 0 radical (unpaired) electrons. The second kappa shape index (κ2) is 6.00. The van der Waals surface area contributed by atoms with Crippen molar-refractivity contribution >= 4 is 11.9 Å². The highest BCUT2D eigenvalue weighted by atomic mass is 19.2. The summed E-state index contributed by atoms with van der Waals surface area (Å²) >= 11 is 0. The van der Waals surface area contributed by atoms with E-state index in [-0.39, 0.29) is 0 Å². The number of nitrogens with zero attached hydrogens (tertiary/aromatic N) is 3. The minimum absolute atomic E-state index is 0.426. The van der Waals surface area contributed by atoms with Gasteiger partial charge in [0, 0.05) is 0 Å². The quantitative estimate of drug-likeness (QED) is 0.410. The molecule has 0 saturated heterocycles. The molecular formula is C13H6F4N4. The Kier molecular flexibility index (Phi) is 4.13. The topological polar surface area (TPSA) is 61.1 Å². The highest BCUT2D eigenvalue weighted by molar-refractivity contribution is 5.80. The third kappa shape index (κ3) is 3.14. The van der Waals surface area contributed by atoms with Crippen LogP contribution >= 0.6 is 0 Å². The molecule has 0 amide bonds. The Hall–Kier alpha value is -2.95. The van der Waals surface area contributed by atoms with Crippen molar-refractivity contribution in [2.75, 3.05) is 5.43 Å². The second-order valence-electron chi connectivity index (χ2n) is 3.80. The molecule has 1 aromatic carbocycles. The van der Waals surface area contributed by atoms with Gasteiger partial charge in [0.2, 0.25) is 11.6 Å². The summed E-state index contributed by atoms with van der Waals surface area (Å²) in [7, 11) is 0. The lowest BCUT2D eigenvalue weighted by atomic mass is 10.2. The molecule has 8 heteroatoms. The number of hydrogen-bond acceptors (Lipinski definition) is 4. The number of anilines is 1. The van der Waals surface area contributed by atoms with Gasteiger partial charge in [-0.05, 0) is 17.7 Å². The molecule has 0 fully saturated rings. The molecule has 0 bridgehead atoms. The number of halogens is 4. The minimum Gasteiger partial charge on any atom is -0.272 e. The Balaban J connectivity index is 2.19. The number of nitrogens with one attached hydrogen (secondary N) is 1. The maximum atomic E-state index is 13.3. The number of hydrazone groups is 1. The number of nitriles is 1. The summed E-state index contributed by atoms with van der Waals surface area (Å²) in [6, 6.07) is 7.99. The van der Waals surface area contributed by atoms with Crippen LogP contribution in [0.2, 0.25) is 0 Å². The van der Waals surface area contributed by atoms with Crippen molar-refractivity contribution < 1.29 is 17.6 Å².